The molecule has 0 saturated carbocycles. The zero-order valence-corrected chi connectivity index (χ0v) is 10.9. The third-order valence-corrected chi connectivity index (χ3v) is 2.94. The van der Waals surface area contributed by atoms with Gasteiger partial charge in [-0.1, -0.05) is 0 Å². The Kier molecular flexibility index (Phi) is 5.83. The first-order valence-corrected chi connectivity index (χ1v) is 5.43. The van der Waals surface area contributed by atoms with E-state index in [4.69, 9.17) is 0 Å². The third kappa shape index (κ3) is 5.14. The molecule has 0 bridgehead atoms. The van der Waals surface area contributed by atoms with Gasteiger partial charge in [-0.05, 0) is 34.9 Å². The average Bonchev–Trinajstić information content (AvgIpc) is 2.15. The van der Waals surface area contributed by atoms with E-state index in [1.165, 1.54) is 0 Å². The van der Waals surface area contributed by atoms with Crippen molar-refractivity contribution in [3.05, 3.63) is 0 Å². The highest BCUT2D eigenvalue weighted by molar-refractivity contribution is 5.77. The molecule has 15 heavy (non-hydrogen) atoms. The lowest BCUT2D eigenvalue weighted by Gasteiger charge is -2.32. The SMILES string of the molecule is CCN(C)C(=O)CNCC(C)(C)N(C)C. The van der Waals surface area contributed by atoms with E-state index < -0.39 is 0 Å². The van der Waals surface area contributed by atoms with Gasteiger partial charge in [-0.2, -0.15) is 0 Å². The van der Waals surface area contributed by atoms with Crippen molar-refractivity contribution in [3.8, 4) is 0 Å². The maximum absolute atomic E-state index is 11.5. The number of hydrogen-bond donors (Lipinski definition) is 1. The van der Waals surface area contributed by atoms with Gasteiger partial charge in [0.1, 0.15) is 0 Å². The zero-order chi connectivity index (χ0) is 12.1. The van der Waals surface area contributed by atoms with Crippen LogP contribution in [0.3, 0.4) is 0 Å². The largest absolute Gasteiger partial charge is 0.345 e. The van der Waals surface area contributed by atoms with Crippen LogP contribution in [0.5, 0.6) is 0 Å². The van der Waals surface area contributed by atoms with Crippen LogP contribution < -0.4 is 5.32 Å². The molecule has 0 unspecified atom stereocenters. The second-order valence-corrected chi connectivity index (χ2v) is 4.72. The Labute approximate surface area is 93.6 Å². The summed E-state index contributed by atoms with van der Waals surface area (Å²) in [5, 5.41) is 3.19. The number of carbonyl (C=O) groups excluding carboxylic acids is 1. The first-order chi connectivity index (χ1) is 6.81. The number of carbonyl (C=O) groups is 1. The maximum atomic E-state index is 11.5. The third-order valence-electron chi connectivity index (χ3n) is 2.94. The molecule has 0 saturated heterocycles. The fraction of sp³-hybridized carbons (Fsp3) is 0.909. The van der Waals surface area contributed by atoms with Crippen LogP contribution in [0.15, 0.2) is 0 Å². The van der Waals surface area contributed by atoms with Gasteiger partial charge in [0.2, 0.25) is 5.91 Å². The van der Waals surface area contributed by atoms with E-state index in [-0.39, 0.29) is 11.4 Å². The molecule has 0 heterocycles. The number of amides is 1. The van der Waals surface area contributed by atoms with Crippen molar-refractivity contribution in [2.45, 2.75) is 26.3 Å². The van der Waals surface area contributed by atoms with Crippen molar-refractivity contribution in [3.63, 3.8) is 0 Å². The standard InChI is InChI=1S/C11H25N3O/c1-7-14(6)10(15)8-12-9-11(2,3)13(4)5/h12H,7-9H2,1-6H3. The molecule has 4 nitrogen and oxygen atoms in total. The number of rotatable bonds is 6. The van der Waals surface area contributed by atoms with Crippen LogP contribution in [0.25, 0.3) is 0 Å². The zero-order valence-electron chi connectivity index (χ0n) is 10.9. The predicted octanol–water partition coefficient (Wildman–Crippen LogP) is 0.395. The summed E-state index contributed by atoms with van der Waals surface area (Å²) in [4.78, 5) is 15.3. The van der Waals surface area contributed by atoms with Gasteiger partial charge in [0.05, 0.1) is 6.54 Å². The number of nitrogens with one attached hydrogen (secondary N) is 1. The van der Waals surface area contributed by atoms with E-state index in [1.807, 2.05) is 28.1 Å². The van der Waals surface area contributed by atoms with Crippen LogP contribution in [0, 0.1) is 0 Å². The van der Waals surface area contributed by atoms with Crippen molar-refractivity contribution in [1.29, 1.82) is 0 Å². The Morgan fingerprint density at radius 2 is 1.80 bits per heavy atom. The van der Waals surface area contributed by atoms with Crippen LogP contribution >= 0.6 is 0 Å². The van der Waals surface area contributed by atoms with Crippen LogP contribution in [0.2, 0.25) is 0 Å². The summed E-state index contributed by atoms with van der Waals surface area (Å²) in [7, 11) is 5.91. The lowest BCUT2D eigenvalue weighted by molar-refractivity contribution is -0.128. The second-order valence-electron chi connectivity index (χ2n) is 4.72. The van der Waals surface area contributed by atoms with Crippen molar-refractivity contribution in [2.75, 3.05) is 40.8 Å². The predicted molar refractivity (Wildman–Crippen MR) is 63.9 cm³/mol. The fourth-order valence-corrected chi connectivity index (χ4v) is 0.945. The second kappa shape index (κ2) is 6.08. The van der Waals surface area contributed by atoms with E-state index in [0.717, 1.165) is 13.1 Å². The van der Waals surface area contributed by atoms with Gasteiger partial charge in [-0.3, -0.25) is 4.79 Å². The molecule has 0 aliphatic rings. The summed E-state index contributed by atoms with van der Waals surface area (Å²) in [5.41, 5.74) is 0.0745. The summed E-state index contributed by atoms with van der Waals surface area (Å²) in [6, 6.07) is 0. The Morgan fingerprint density at radius 1 is 1.27 bits per heavy atom. The normalized spacial score (nSPS) is 11.9. The van der Waals surface area contributed by atoms with Crippen LogP contribution in [-0.2, 0) is 4.79 Å². The maximum Gasteiger partial charge on any atom is 0.236 e. The Morgan fingerprint density at radius 3 is 2.20 bits per heavy atom. The number of likely N-dealkylation sites (N-methyl/N-ethyl adjacent to an activating group) is 2. The van der Waals surface area contributed by atoms with E-state index in [0.29, 0.717) is 6.54 Å². The molecule has 0 radical (unpaired) electrons. The van der Waals surface area contributed by atoms with Crippen molar-refractivity contribution in [1.82, 2.24) is 15.1 Å². The molecule has 90 valence electrons. The molecular formula is C11H25N3O. The average molecular weight is 215 g/mol. The molecule has 0 aromatic heterocycles. The van der Waals surface area contributed by atoms with Crippen molar-refractivity contribution in [2.24, 2.45) is 0 Å². The summed E-state index contributed by atoms with van der Waals surface area (Å²) >= 11 is 0. The van der Waals surface area contributed by atoms with Crippen molar-refractivity contribution < 1.29 is 4.79 Å². The molecule has 4 heteroatoms. The summed E-state index contributed by atoms with van der Waals surface area (Å²) in [6.07, 6.45) is 0. The van der Waals surface area contributed by atoms with E-state index in [1.54, 1.807) is 4.90 Å². The van der Waals surface area contributed by atoms with Gasteiger partial charge in [0, 0.05) is 25.7 Å². The minimum Gasteiger partial charge on any atom is -0.345 e. The first-order valence-electron chi connectivity index (χ1n) is 5.43. The quantitative estimate of drug-likeness (QED) is 0.696. The van der Waals surface area contributed by atoms with E-state index in [2.05, 4.69) is 24.1 Å². The molecule has 0 fully saturated rings. The highest BCUT2D eigenvalue weighted by Gasteiger charge is 2.20. The molecule has 0 aromatic carbocycles. The Bertz CT molecular complexity index is 202. The van der Waals surface area contributed by atoms with Gasteiger partial charge in [-0.15, -0.1) is 0 Å². The van der Waals surface area contributed by atoms with Gasteiger partial charge in [-0.25, -0.2) is 0 Å². The van der Waals surface area contributed by atoms with Gasteiger partial charge in [0.15, 0.2) is 0 Å². The minimum atomic E-state index is 0.0745. The van der Waals surface area contributed by atoms with Gasteiger partial charge >= 0.3 is 0 Å². The lowest BCUT2D eigenvalue weighted by atomic mass is 10.0. The highest BCUT2D eigenvalue weighted by Crippen LogP contribution is 2.07. The molecule has 1 N–H and O–H groups in total. The number of nitrogens with zero attached hydrogens (tertiary/aromatic N) is 2. The Hall–Kier alpha value is -0.610. The smallest absolute Gasteiger partial charge is 0.236 e. The highest BCUT2D eigenvalue weighted by atomic mass is 16.2. The molecular weight excluding hydrogens is 190 g/mol. The molecule has 1 amide bonds. The lowest BCUT2D eigenvalue weighted by Crippen LogP contribution is -2.48. The fourth-order valence-electron chi connectivity index (χ4n) is 0.945. The topological polar surface area (TPSA) is 35.6 Å². The Balaban J connectivity index is 3.85. The van der Waals surface area contributed by atoms with Crippen LogP contribution in [0.1, 0.15) is 20.8 Å². The van der Waals surface area contributed by atoms with Crippen LogP contribution in [0.4, 0.5) is 0 Å². The summed E-state index contributed by atoms with van der Waals surface area (Å²) in [5.74, 6) is 0.145. The monoisotopic (exact) mass is 215 g/mol. The van der Waals surface area contributed by atoms with E-state index in [9.17, 15) is 4.79 Å². The van der Waals surface area contributed by atoms with Gasteiger partial charge < -0.3 is 15.1 Å². The molecule has 0 rings (SSSR count). The van der Waals surface area contributed by atoms with Crippen LogP contribution in [-0.4, -0.2) is 62.0 Å². The molecule has 0 aliphatic heterocycles. The molecule has 0 aromatic rings. The number of hydrogen-bond acceptors (Lipinski definition) is 3. The molecule has 0 atom stereocenters. The van der Waals surface area contributed by atoms with Gasteiger partial charge in [0.25, 0.3) is 0 Å². The molecule has 0 spiro atoms. The van der Waals surface area contributed by atoms with E-state index >= 15 is 0 Å². The minimum absolute atomic E-state index is 0.0745. The summed E-state index contributed by atoms with van der Waals surface area (Å²) in [6.45, 7) is 8.26. The van der Waals surface area contributed by atoms with Crippen molar-refractivity contribution >= 4 is 5.91 Å². The molecule has 0 aliphatic carbocycles. The summed E-state index contributed by atoms with van der Waals surface area (Å²) < 4.78 is 0. The first kappa shape index (κ1) is 14.4.